The van der Waals surface area contributed by atoms with Crippen LogP contribution >= 0.6 is 0 Å². The summed E-state index contributed by atoms with van der Waals surface area (Å²) in [5.74, 6) is 0.210. The van der Waals surface area contributed by atoms with Gasteiger partial charge in [0, 0.05) is 25.2 Å². The van der Waals surface area contributed by atoms with Crippen molar-refractivity contribution in [1.82, 2.24) is 10.2 Å². The Morgan fingerprint density at radius 1 is 1.35 bits per heavy atom. The number of benzene rings is 1. The van der Waals surface area contributed by atoms with Gasteiger partial charge in [-0.1, -0.05) is 18.2 Å². The van der Waals surface area contributed by atoms with E-state index in [-0.39, 0.29) is 11.4 Å². The summed E-state index contributed by atoms with van der Waals surface area (Å²) in [5.41, 5.74) is 2.07. The van der Waals surface area contributed by atoms with Crippen molar-refractivity contribution in [3.8, 4) is 0 Å². The summed E-state index contributed by atoms with van der Waals surface area (Å²) in [6.45, 7) is 4.73. The van der Waals surface area contributed by atoms with E-state index in [1.807, 2.05) is 31.2 Å². The van der Waals surface area contributed by atoms with Crippen LogP contribution in [0.1, 0.15) is 28.8 Å². The molecule has 0 aromatic heterocycles. The molecule has 17 heavy (non-hydrogen) atoms. The molecule has 3 rings (SSSR count). The molecule has 1 saturated carbocycles. The average molecular weight is 230 g/mol. The number of nitrogens with one attached hydrogen (secondary N) is 1. The van der Waals surface area contributed by atoms with Gasteiger partial charge >= 0.3 is 0 Å². The monoisotopic (exact) mass is 230 g/mol. The lowest BCUT2D eigenvalue weighted by molar-refractivity contribution is 0.0600. The fourth-order valence-electron chi connectivity index (χ4n) is 2.71. The SMILES string of the molecule is Cc1ccccc1C(=O)N1CCNCC12CC2. The fourth-order valence-corrected chi connectivity index (χ4v) is 2.71. The number of hydrogen-bond donors (Lipinski definition) is 1. The van der Waals surface area contributed by atoms with Gasteiger partial charge in [0.25, 0.3) is 5.91 Å². The highest BCUT2D eigenvalue weighted by atomic mass is 16.2. The van der Waals surface area contributed by atoms with E-state index in [4.69, 9.17) is 0 Å². The Hall–Kier alpha value is -1.35. The largest absolute Gasteiger partial charge is 0.330 e. The van der Waals surface area contributed by atoms with Crippen molar-refractivity contribution < 1.29 is 4.79 Å². The van der Waals surface area contributed by atoms with Gasteiger partial charge in [-0.15, -0.1) is 0 Å². The highest BCUT2D eigenvalue weighted by Gasteiger charge is 2.51. The first kappa shape index (κ1) is 10.8. The number of nitrogens with zero attached hydrogens (tertiary/aromatic N) is 1. The quantitative estimate of drug-likeness (QED) is 0.794. The average Bonchev–Trinajstić information content (AvgIpc) is 3.10. The van der Waals surface area contributed by atoms with Crippen LogP contribution in [0.15, 0.2) is 24.3 Å². The maximum atomic E-state index is 12.6. The van der Waals surface area contributed by atoms with Gasteiger partial charge in [0.05, 0.1) is 5.54 Å². The van der Waals surface area contributed by atoms with Gasteiger partial charge < -0.3 is 10.2 Å². The molecule has 0 unspecified atom stereocenters. The Kier molecular flexibility index (Phi) is 2.44. The van der Waals surface area contributed by atoms with E-state index < -0.39 is 0 Å². The molecule has 1 aliphatic heterocycles. The normalized spacial score (nSPS) is 21.6. The Morgan fingerprint density at radius 3 is 2.82 bits per heavy atom. The smallest absolute Gasteiger partial charge is 0.254 e. The summed E-state index contributed by atoms with van der Waals surface area (Å²) >= 11 is 0. The van der Waals surface area contributed by atoms with Crippen molar-refractivity contribution >= 4 is 5.91 Å². The van der Waals surface area contributed by atoms with Crippen molar-refractivity contribution in [3.63, 3.8) is 0 Å². The summed E-state index contributed by atoms with van der Waals surface area (Å²) in [5, 5.41) is 3.39. The molecule has 0 radical (unpaired) electrons. The topological polar surface area (TPSA) is 32.3 Å². The van der Waals surface area contributed by atoms with Crippen molar-refractivity contribution in [3.05, 3.63) is 35.4 Å². The van der Waals surface area contributed by atoms with Crippen molar-refractivity contribution in [2.45, 2.75) is 25.3 Å². The molecule has 1 aromatic rings. The maximum Gasteiger partial charge on any atom is 0.254 e. The Labute approximate surface area is 102 Å². The van der Waals surface area contributed by atoms with E-state index in [1.165, 1.54) is 0 Å². The number of aryl methyl sites for hydroxylation is 1. The zero-order valence-electron chi connectivity index (χ0n) is 10.2. The molecule has 1 N–H and O–H groups in total. The van der Waals surface area contributed by atoms with Crippen molar-refractivity contribution in [1.29, 1.82) is 0 Å². The number of hydrogen-bond acceptors (Lipinski definition) is 2. The Balaban J connectivity index is 1.89. The first-order valence-electron chi connectivity index (χ1n) is 6.31. The van der Waals surface area contributed by atoms with Gasteiger partial charge in [0.1, 0.15) is 0 Å². The first-order valence-corrected chi connectivity index (χ1v) is 6.31. The van der Waals surface area contributed by atoms with E-state index in [0.29, 0.717) is 0 Å². The molecule has 1 aliphatic carbocycles. The number of piperazine rings is 1. The second-order valence-electron chi connectivity index (χ2n) is 5.17. The molecule has 0 bridgehead atoms. The predicted molar refractivity (Wildman–Crippen MR) is 67.1 cm³/mol. The second-order valence-corrected chi connectivity index (χ2v) is 5.17. The van der Waals surface area contributed by atoms with Crippen LogP contribution in [-0.4, -0.2) is 36.0 Å². The zero-order valence-corrected chi connectivity index (χ0v) is 10.2. The Morgan fingerprint density at radius 2 is 2.12 bits per heavy atom. The molecule has 1 heterocycles. The van der Waals surface area contributed by atoms with Gasteiger partial charge in [-0.05, 0) is 31.4 Å². The first-order chi connectivity index (χ1) is 8.23. The fraction of sp³-hybridized carbons (Fsp3) is 0.500. The van der Waals surface area contributed by atoms with Crippen LogP contribution in [0.5, 0.6) is 0 Å². The summed E-state index contributed by atoms with van der Waals surface area (Å²) in [4.78, 5) is 14.7. The highest BCUT2D eigenvalue weighted by molar-refractivity contribution is 5.96. The van der Waals surface area contributed by atoms with Crippen LogP contribution in [0.3, 0.4) is 0 Å². The summed E-state index contributed by atoms with van der Waals surface area (Å²) in [6.07, 6.45) is 2.30. The molecule has 0 atom stereocenters. The third-order valence-corrected chi connectivity index (χ3v) is 3.99. The Bertz CT molecular complexity index is 451. The van der Waals surface area contributed by atoms with Gasteiger partial charge in [-0.2, -0.15) is 0 Å². The van der Waals surface area contributed by atoms with Crippen LogP contribution in [0, 0.1) is 6.92 Å². The number of rotatable bonds is 1. The van der Waals surface area contributed by atoms with Crippen LogP contribution in [0.2, 0.25) is 0 Å². The van der Waals surface area contributed by atoms with Crippen LogP contribution < -0.4 is 5.32 Å². The predicted octanol–water partition coefficient (Wildman–Crippen LogP) is 1.57. The van der Waals surface area contributed by atoms with Crippen molar-refractivity contribution in [2.24, 2.45) is 0 Å². The molecule has 1 saturated heterocycles. The van der Waals surface area contributed by atoms with E-state index >= 15 is 0 Å². The number of carbonyl (C=O) groups is 1. The lowest BCUT2D eigenvalue weighted by Gasteiger charge is -2.37. The molecular weight excluding hydrogens is 212 g/mol. The molecule has 2 aliphatic rings. The minimum absolute atomic E-state index is 0.137. The van der Waals surface area contributed by atoms with Crippen molar-refractivity contribution in [2.75, 3.05) is 19.6 Å². The van der Waals surface area contributed by atoms with E-state index in [1.54, 1.807) is 0 Å². The van der Waals surface area contributed by atoms with Gasteiger partial charge in [0.15, 0.2) is 0 Å². The van der Waals surface area contributed by atoms with E-state index in [0.717, 1.165) is 43.6 Å². The third-order valence-electron chi connectivity index (χ3n) is 3.99. The molecule has 2 fully saturated rings. The summed E-state index contributed by atoms with van der Waals surface area (Å²) < 4.78 is 0. The maximum absolute atomic E-state index is 12.6. The molecule has 3 heteroatoms. The lowest BCUT2D eigenvalue weighted by atomic mass is 10.0. The highest BCUT2D eigenvalue weighted by Crippen LogP contribution is 2.43. The third kappa shape index (κ3) is 1.75. The molecule has 1 amide bonds. The molecule has 90 valence electrons. The second kappa shape index (κ2) is 3.84. The summed E-state index contributed by atoms with van der Waals surface area (Å²) in [7, 11) is 0. The molecular formula is C14H18N2O. The molecule has 1 spiro atoms. The molecule has 3 nitrogen and oxygen atoms in total. The van der Waals surface area contributed by atoms with Gasteiger partial charge in [0.2, 0.25) is 0 Å². The minimum atomic E-state index is 0.137. The van der Waals surface area contributed by atoms with Gasteiger partial charge in [-0.25, -0.2) is 0 Å². The minimum Gasteiger partial charge on any atom is -0.330 e. The number of amides is 1. The summed E-state index contributed by atoms with van der Waals surface area (Å²) in [6, 6.07) is 7.88. The van der Waals surface area contributed by atoms with Gasteiger partial charge in [-0.3, -0.25) is 4.79 Å². The number of carbonyl (C=O) groups excluding carboxylic acids is 1. The molecule has 1 aromatic carbocycles. The lowest BCUT2D eigenvalue weighted by Crippen LogP contribution is -2.55. The van der Waals surface area contributed by atoms with Crippen LogP contribution in [0.25, 0.3) is 0 Å². The van der Waals surface area contributed by atoms with E-state index in [9.17, 15) is 4.79 Å². The van der Waals surface area contributed by atoms with Crippen LogP contribution in [0.4, 0.5) is 0 Å². The zero-order chi connectivity index (χ0) is 11.9. The van der Waals surface area contributed by atoms with Crippen LogP contribution in [-0.2, 0) is 0 Å². The standard InChI is InChI=1S/C14H18N2O/c1-11-4-2-3-5-12(11)13(17)16-9-8-15-10-14(16)6-7-14/h2-5,15H,6-10H2,1H3. The van der Waals surface area contributed by atoms with E-state index in [2.05, 4.69) is 10.2 Å².